The number of aromatic nitrogens is 3. The van der Waals surface area contributed by atoms with E-state index in [4.69, 9.17) is 9.47 Å². The van der Waals surface area contributed by atoms with Crippen molar-refractivity contribution in [2.45, 2.75) is 12.6 Å². The topological polar surface area (TPSA) is 78.3 Å². The molecule has 3 rings (SSSR count). The maximum absolute atomic E-state index is 12.9. The molecule has 0 unspecified atom stereocenters. The Labute approximate surface area is 165 Å². The minimum Gasteiger partial charge on any atom is -0.495 e. The second-order valence-corrected chi connectivity index (χ2v) is 6.54. The van der Waals surface area contributed by atoms with Crippen molar-refractivity contribution in [1.82, 2.24) is 20.1 Å². The number of amides is 1. The van der Waals surface area contributed by atoms with Gasteiger partial charge in [-0.05, 0) is 33.6 Å². The highest BCUT2D eigenvalue weighted by Gasteiger charge is 2.19. The van der Waals surface area contributed by atoms with E-state index in [-0.39, 0.29) is 11.9 Å². The molecule has 0 aliphatic rings. The number of rotatable bonds is 7. The maximum atomic E-state index is 12.9. The van der Waals surface area contributed by atoms with Gasteiger partial charge in [-0.15, -0.1) is 0 Å². The Balaban J connectivity index is 1.88. The molecule has 0 saturated carbocycles. The van der Waals surface area contributed by atoms with Gasteiger partial charge in [-0.1, -0.05) is 30.3 Å². The number of benzene rings is 2. The lowest BCUT2D eigenvalue weighted by Gasteiger charge is -2.20. The Morgan fingerprint density at radius 2 is 1.85 bits per heavy atom. The molecule has 1 N–H and O–H groups in total. The van der Waals surface area contributed by atoms with Gasteiger partial charge in [0.25, 0.3) is 5.91 Å². The van der Waals surface area contributed by atoms with Gasteiger partial charge in [0.2, 0.25) is 0 Å². The fraction of sp³-hybridized carbons (Fsp3) is 0.211. The van der Waals surface area contributed by atoms with Crippen LogP contribution in [0.4, 0.5) is 0 Å². The number of hydrogen-bond acceptors (Lipinski definition) is 5. The normalized spacial score (nSPS) is 11.7. The highest BCUT2D eigenvalue weighted by atomic mass is 79.9. The molecule has 8 heteroatoms. The molecule has 3 aromatic rings. The molecule has 0 saturated heterocycles. The van der Waals surface area contributed by atoms with Crippen LogP contribution in [-0.4, -0.2) is 34.9 Å². The third kappa shape index (κ3) is 4.46. The van der Waals surface area contributed by atoms with Crippen LogP contribution >= 0.6 is 15.9 Å². The lowest BCUT2D eigenvalue weighted by atomic mass is 10.1. The summed E-state index contributed by atoms with van der Waals surface area (Å²) in [6, 6.07) is 12.8. The molecule has 0 spiro atoms. The van der Waals surface area contributed by atoms with E-state index in [2.05, 4.69) is 31.3 Å². The Hall–Kier alpha value is -2.87. The summed E-state index contributed by atoms with van der Waals surface area (Å²) in [5, 5.41) is 7.19. The first-order chi connectivity index (χ1) is 13.1. The van der Waals surface area contributed by atoms with Crippen molar-refractivity contribution >= 4 is 21.8 Å². The number of ether oxygens (including phenoxy) is 2. The standard InChI is InChI=1S/C19H19BrN4O3/c1-26-16-8-14(9-17(27-2)18(16)20)19(25)23-15(10-24-12-21-11-22-24)13-6-4-3-5-7-13/h3-9,11-12,15H,10H2,1-2H3,(H,23,25)/t15-/m0/s1. The van der Waals surface area contributed by atoms with Crippen molar-refractivity contribution in [3.8, 4) is 11.5 Å². The van der Waals surface area contributed by atoms with E-state index in [0.717, 1.165) is 5.56 Å². The number of halogens is 1. The Kier molecular flexibility index (Phi) is 6.08. The predicted molar refractivity (Wildman–Crippen MR) is 104 cm³/mol. The zero-order chi connectivity index (χ0) is 19.2. The lowest BCUT2D eigenvalue weighted by molar-refractivity contribution is 0.0931. The largest absolute Gasteiger partial charge is 0.495 e. The van der Waals surface area contributed by atoms with E-state index in [1.165, 1.54) is 6.33 Å². The summed E-state index contributed by atoms with van der Waals surface area (Å²) in [7, 11) is 3.08. The summed E-state index contributed by atoms with van der Waals surface area (Å²) < 4.78 is 13.0. The van der Waals surface area contributed by atoms with E-state index < -0.39 is 0 Å². The minimum absolute atomic E-state index is 0.243. The van der Waals surface area contributed by atoms with E-state index in [9.17, 15) is 4.79 Å². The van der Waals surface area contributed by atoms with Crippen molar-refractivity contribution in [3.05, 3.63) is 70.7 Å². The van der Waals surface area contributed by atoms with Crippen molar-refractivity contribution in [2.75, 3.05) is 14.2 Å². The summed E-state index contributed by atoms with van der Waals surface area (Å²) in [5.74, 6) is 0.798. The summed E-state index contributed by atoms with van der Waals surface area (Å²) in [4.78, 5) is 16.9. The zero-order valence-electron chi connectivity index (χ0n) is 14.9. The smallest absolute Gasteiger partial charge is 0.252 e. The van der Waals surface area contributed by atoms with Crippen LogP contribution in [-0.2, 0) is 6.54 Å². The van der Waals surface area contributed by atoms with Gasteiger partial charge in [0.15, 0.2) is 0 Å². The fourth-order valence-electron chi connectivity index (χ4n) is 2.68. The number of methoxy groups -OCH3 is 2. The van der Waals surface area contributed by atoms with Crippen LogP contribution in [0.15, 0.2) is 59.6 Å². The first-order valence-electron chi connectivity index (χ1n) is 8.22. The van der Waals surface area contributed by atoms with Crippen molar-refractivity contribution in [3.63, 3.8) is 0 Å². The fourth-order valence-corrected chi connectivity index (χ4v) is 3.23. The Morgan fingerprint density at radius 3 is 2.41 bits per heavy atom. The molecule has 1 aromatic heterocycles. The summed E-state index contributed by atoms with van der Waals surface area (Å²) in [5.41, 5.74) is 1.41. The van der Waals surface area contributed by atoms with Gasteiger partial charge in [-0.3, -0.25) is 9.48 Å². The van der Waals surface area contributed by atoms with Crippen LogP contribution < -0.4 is 14.8 Å². The molecule has 140 valence electrons. The molecule has 2 aromatic carbocycles. The molecular weight excluding hydrogens is 412 g/mol. The molecule has 0 aliphatic carbocycles. The van der Waals surface area contributed by atoms with Crippen molar-refractivity contribution in [2.24, 2.45) is 0 Å². The van der Waals surface area contributed by atoms with Gasteiger partial charge in [0.05, 0.1) is 26.8 Å². The molecular formula is C19H19BrN4O3. The zero-order valence-corrected chi connectivity index (χ0v) is 16.5. The van der Waals surface area contributed by atoms with Crippen LogP contribution in [0.3, 0.4) is 0 Å². The first-order valence-corrected chi connectivity index (χ1v) is 9.01. The molecule has 0 aliphatic heterocycles. The lowest BCUT2D eigenvalue weighted by Crippen LogP contribution is -2.31. The SMILES string of the molecule is COc1cc(C(=O)N[C@@H](Cn2cncn2)c2ccccc2)cc(OC)c1Br. The van der Waals surface area contributed by atoms with E-state index >= 15 is 0 Å². The van der Waals surface area contributed by atoms with E-state index in [0.29, 0.717) is 28.1 Å². The highest BCUT2D eigenvalue weighted by Crippen LogP contribution is 2.35. The Morgan fingerprint density at radius 1 is 1.19 bits per heavy atom. The van der Waals surface area contributed by atoms with Crippen LogP contribution in [0.25, 0.3) is 0 Å². The van der Waals surface area contributed by atoms with Crippen LogP contribution in [0, 0.1) is 0 Å². The van der Waals surface area contributed by atoms with Gasteiger partial charge in [0.1, 0.15) is 28.6 Å². The summed E-state index contributed by atoms with van der Waals surface area (Å²) in [6.45, 7) is 0.459. The van der Waals surface area contributed by atoms with Crippen molar-refractivity contribution in [1.29, 1.82) is 0 Å². The second kappa shape index (κ2) is 8.68. The van der Waals surface area contributed by atoms with Crippen LogP contribution in [0.5, 0.6) is 11.5 Å². The van der Waals surface area contributed by atoms with Gasteiger partial charge >= 0.3 is 0 Å². The summed E-state index contributed by atoms with van der Waals surface area (Å²) >= 11 is 3.41. The first kappa shape index (κ1) is 18.9. The molecule has 0 fully saturated rings. The average Bonchev–Trinajstić information content (AvgIpc) is 3.21. The van der Waals surface area contributed by atoms with E-state index in [1.807, 2.05) is 30.3 Å². The average molecular weight is 431 g/mol. The van der Waals surface area contributed by atoms with Crippen LogP contribution in [0.1, 0.15) is 22.0 Å². The van der Waals surface area contributed by atoms with Gasteiger partial charge in [-0.2, -0.15) is 5.10 Å². The third-order valence-electron chi connectivity index (χ3n) is 4.05. The van der Waals surface area contributed by atoms with Crippen molar-refractivity contribution < 1.29 is 14.3 Å². The molecule has 1 amide bonds. The van der Waals surface area contributed by atoms with Crippen LogP contribution in [0.2, 0.25) is 0 Å². The second-order valence-electron chi connectivity index (χ2n) is 5.75. The highest BCUT2D eigenvalue weighted by molar-refractivity contribution is 9.10. The molecule has 0 bridgehead atoms. The predicted octanol–water partition coefficient (Wildman–Crippen LogP) is 3.23. The van der Waals surface area contributed by atoms with Gasteiger partial charge < -0.3 is 14.8 Å². The number of carbonyl (C=O) groups is 1. The molecule has 7 nitrogen and oxygen atoms in total. The molecule has 1 heterocycles. The van der Waals surface area contributed by atoms with E-state index in [1.54, 1.807) is 37.4 Å². The number of carbonyl (C=O) groups excluding carboxylic acids is 1. The number of nitrogens with one attached hydrogen (secondary N) is 1. The molecule has 0 radical (unpaired) electrons. The maximum Gasteiger partial charge on any atom is 0.252 e. The van der Waals surface area contributed by atoms with Gasteiger partial charge in [-0.25, -0.2) is 4.98 Å². The number of nitrogens with zero attached hydrogens (tertiary/aromatic N) is 3. The Bertz CT molecular complexity index is 876. The number of hydrogen-bond donors (Lipinski definition) is 1. The summed E-state index contributed by atoms with van der Waals surface area (Å²) in [6.07, 6.45) is 3.09. The quantitative estimate of drug-likeness (QED) is 0.622. The van der Waals surface area contributed by atoms with Gasteiger partial charge in [0, 0.05) is 5.56 Å². The minimum atomic E-state index is -0.277. The monoisotopic (exact) mass is 430 g/mol. The third-order valence-corrected chi connectivity index (χ3v) is 4.83. The molecule has 27 heavy (non-hydrogen) atoms. The molecule has 1 atom stereocenters.